The van der Waals surface area contributed by atoms with Gasteiger partial charge in [-0.1, -0.05) is 12.1 Å². The third-order valence-corrected chi connectivity index (χ3v) is 22.8. The summed E-state index contributed by atoms with van der Waals surface area (Å²) in [6, 6.07) is 15.6. The summed E-state index contributed by atoms with van der Waals surface area (Å²) in [5, 5.41) is 354. The molecule has 0 saturated carbocycles. The van der Waals surface area contributed by atoms with E-state index < -0.39 is 379 Å². The number of esters is 3. The second-order valence-electron chi connectivity index (χ2n) is 30.9. The first-order valence-corrected chi connectivity index (χ1v) is 38.4. The van der Waals surface area contributed by atoms with Crippen LogP contribution in [0.25, 0.3) is 0 Å². The van der Waals surface area contributed by atoms with Gasteiger partial charge in [-0.15, -0.1) is 0 Å². The van der Waals surface area contributed by atoms with Crippen molar-refractivity contribution >= 4 is 17.9 Å². The van der Waals surface area contributed by atoms with Gasteiger partial charge in [0.2, 0.25) is 6.29 Å². The number of hydrogen-bond donors (Lipinski definition) is 31. The molecule has 0 radical (unpaired) electrons. The molecule has 0 bridgehead atoms. The van der Waals surface area contributed by atoms with Gasteiger partial charge in [-0.3, -0.25) is 0 Å². The molecule has 5 heterocycles. The molecule has 31 N–H and O–H groups in total. The van der Waals surface area contributed by atoms with Crippen LogP contribution < -0.4 is 23.7 Å². The van der Waals surface area contributed by atoms with Crippen LogP contribution in [0.5, 0.6) is 178 Å². The molecule has 11 aromatic carbocycles. The topological polar surface area (TPSA) is 761 Å². The molecule has 5 aliphatic heterocycles. The lowest BCUT2D eigenvalue weighted by Gasteiger charge is -2.45. The molecular weight excluding hydrogens is 1730 g/mol. The number of ether oxygens (including phenoxy) is 9. The van der Waals surface area contributed by atoms with Crippen molar-refractivity contribution in [2.75, 3.05) is 6.61 Å². The van der Waals surface area contributed by atoms with Crippen LogP contribution in [0.4, 0.5) is 0 Å². The Morgan fingerprint density at radius 3 is 1.09 bits per heavy atom. The third kappa shape index (κ3) is 14.8. The second-order valence-corrected chi connectivity index (χ2v) is 30.9. The molecule has 43 nitrogen and oxygen atoms in total. The van der Waals surface area contributed by atoms with Gasteiger partial charge in [0.25, 0.3) is 0 Å². The average molecular weight is 1810 g/mol. The Kier molecular flexibility index (Phi) is 21.7. The smallest absolute Gasteiger partial charge is 0.338 e. The largest absolute Gasteiger partial charge is 0.507 e. The van der Waals surface area contributed by atoms with Gasteiger partial charge in [-0.05, 0) is 96.1 Å². The van der Waals surface area contributed by atoms with Crippen LogP contribution in [0.15, 0.2) is 127 Å². The third-order valence-electron chi connectivity index (χ3n) is 22.8. The van der Waals surface area contributed by atoms with Crippen molar-refractivity contribution in [2.24, 2.45) is 0 Å². The summed E-state index contributed by atoms with van der Waals surface area (Å²) < 4.78 is 56.0. The van der Waals surface area contributed by atoms with Crippen molar-refractivity contribution in [1.29, 1.82) is 0 Å². The molecule has 16 rings (SSSR count). The average Bonchev–Trinajstić information content (AvgIpc) is 0.701. The zero-order valence-electron chi connectivity index (χ0n) is 65.5. The maximum atomic E-state index is 15.2. The number of aromatic hydroxyl groups is 26. The van der Waals surface area contributed by atoms with Gasteiger partial charge in [0, 0.05) is 86.8 Å². The van der Waals surface area contributed by atoms with E-state index in [4.69, 9.17) is 42.6 Å². The van der Waals surface area contributed by atoms with Gasteiger partial charge >= 0.3 is 17.9 Å². The Hall–Kier alpha value is -16.6. The fourth-order valence-corrected chi connectivity index (χ4v) is 16.7. The van der Waals surface area contributed by atoms with Gasteiger partial charge in [-0.2, -0.15) is 0 Å². The summed E-state index contributed by atoms with van der Waals surface area (Å²) in [6.07, 6.45) is -29.5. The Bertz CT molecular complexity index is 6390. The maximum Gasteiger partial charge on any atom is 0.338 e. The molecular formula is C87H72O43. The highest BCUT2D eigenvalue weighted by Crippen LogP contribution is 2.66. The van der Waals surface area contributed by atoms with Gasteiger partial charge in [0.05, 0.1) is 34.4 Å². The van der Waals surface area contributed by atoms with Crippen LogP contribution >= 0.6 is 0 Å². The lowest BCUT2D eigenvalue weighted by Crippen LogP contribution is -2.60. The number of phenolic OH excluding ortho intramolecular Hbond substituents is 26. The number of carbonyl (C=O) groups excluding carboxylic acids is 3. The fraction of sp³-hybridized carbons (Fsp3) is 0.207. The van der Waals surface area contributed by atoms with E-state index in [1.165, 1.54) is 0 Å². The highest BCUT2D eigenvalue weighted by atomic mass is 16.7. The minimum absolute atomic E-state index is 0.360. The molecule has 11 aromatic rings. The summed E-state index contributed by atoms with van der Waals surface area (Å²) >= 11 is 0. The molecule has 0 spiro atoms. The first-order chi connectivity index (χ1) is 61.5. The van der Waals surface area contributed by atoms with Crippen molar-refractivity contribution < 1.29 is 215 Å². The number of hydrogen-bond acceptors (Lipinski definition) is 43. The molecule has 5 aliphatic rings. The number of carbonyl (C=O) groups is 3. The Morgan fingerprint density at radius 2 is 0.662 bits per heavy atom. The Labute approximate surface area is 724 Å². The Balaban J connectivity index is 0.917. The van der Waals surface area contributed by atoms with E-state index in [0.29, 0.717) is 72.8 Å². The number of rotatable bonds is 16. The zero-order chi connectivity index (χ0) is 93.6. The van der Waals surface area contributed by atoms with E-state index in [1.807, 2.05) is 0 Å². The number of aliphatic hydroxyl groups is 5. The van der Waals surface area contributed by atoms with Gasteiger partial charge in [-0.25, -0.2) is 14.4 Å². The number of aliphatic hydroxyl groups excluding tert-OH is 5. The van der Waals surface area contributed by atoms with Crippen LogP contribution in [-0.2, 0) is 25.4 Å². The predicted molar refractivity (Wildman–Crippen MR) is 425 cm³/mol. The van der Waals surface area contributed by atoms with E-state index >= 15 is 4.79 Å². The van der Waals surface area contributed by atoms with E-state index in [0.717, 1.165) is 54.6 Å². The van der Waals surface area contributed by atoms with E-state index in [-0.39, 0.29) is 5.56 Å². The molecule has 1 fully saturated rings. The SMILES string of the molecule is O=C(OCC1OC(Oc2cc(O)c3c(c2)OC(c2cc(O)c(O)c(O)c2)C(OC(=O)c2cc(O)c(O)c(O)c2)C3c2c(O)cc(O)c3c2OC(c2ccc(O)c(O)c2)C(O)C3c2c(O)cc(O)c3c2OC(c2ccc(O)c(O)c2)C(O)C3c2c(O)cc(O)c3c2OC(c2cc(O)c(O)c(O)c2)C(OC(=O)c2cc(O)c(O)c(O)c2)C3)C(O)C(O)C1O)c1cc(O)c(O)c(O)c1. The molecule has 0 aromatic heterocycles. The van der Waals surface area contributed by atoms with Crippen LogP contribution in [0, 0.1) is 0 Å². The molecule has 1 saturated heterocycles. The summed E-state index contributed by atoms with van der Waals surface area (Å²) in [6.45, 7) is -1.03. The van der Waals surface area contributed by atoms with E-state index in [1.54, 1.807) is 0 Å². The molecule has 0 aliphatic carbocycles. The Morgan fingerprint density at radius 1 is 0.300 bits per heavy atom. The molecule has 43 heteroatoms. The highest BCUT2D eigenvalue weighted by Gasteiger charge is 2.56. The minimum atomic E-state index is -2.52. The summed E-state index contributed by atoms with van der Waals surface area (Å²) in [4.78, 5) is 42.5. The van der Waals surface area contributed by atoms with Crippen molar-refractivity contribution in [2.45, 2.75) is 104 Å². The van der Waals surface area contributed by atoms with E-state index in [9.17, 15) is 168 Å². The second kappa shape index (κ2) is 32.4. The van der Waals surface area contributed by atoms with Crippen molar-refractivity contribution in [3.8, 4) is 178 Å². The van der Waals surface area contributed by atoms with E-state index in [2.05, 4.69) is 0 Å². The zero-order valence-corrected chi connectivity index (χ0v) is 65.5. The first-order valence-electron chi connectivity index (χ1n) is 38.4. The van der Waals surface area contributed by atoms with Gasteiger partial charge in [0.15, 0.2) is 140 Å². The molecule has 130 heavy (non-hydrogen) atoms. The monoisotopic (exact) mass is 1800 g/mol. The summed E-state index contributed by atoms with van der Waals surface area (Å²) in [7, 11) is 0. The summed E-state index contributed by atoms with van der Waals surface area (Å²) in [5.74, 6) is -43.5. The lowest BCUT2D eigenvalue weighted by atomic mass is 9.72. The number of phenols is 26. The van der Waals surface area contributed by atoms with Crippen LogP contribution in [0.2, 0.25) is 0 Å². The maximum absolute atomic E-state index is 15.2. The normalized spacial score (nSPS) is 23.0. The van der Waals surface area contributed by atoms with Crippen LogP contribution in [0.1, 0.15) is 134 Å². The lowest BCUT2D eigenvalue weighted by molar-refractivity contribution is -0.277. The molecule has 16 atom stereocenters. The van der Waals surface area contributed by atoms with Gasteiger partial charge < -0.3 is 201 Å². The van der Waals surface area contributed by atoms with Crippen molar-refractivity contribution in [3.05, 3.63) is 205 Å². The molecule has 0 amide bonds. The number of benzene rings is 11. The minimum Gasteiger partial charge on any atom is -0.507 e. The molecule has 678 valence electrons. The molecule has 16 unspecified atom stereocenters. The highest BCUT2D eigenvalue weighted by molar-refractivity contribution is 5.93. The standard InChI is InChI=1S/C87H72O43/c88-33-3-1-24(5-36(33)91)77-72(115)63(58-39(94)20-35(90)32-19-55(125-85(120)29-13-50(105)69(112)51(106)14-29)76(127-80(32)58)26-7-44(99)66(109)45(100)8-26)59-40(95)21-41(96)60(81(59)128-77)64-61-42(97)22-43(98)62(82(61)129-78(73(64)116)25-2-4-34(89)37(92)6-25)65-57-38(93)17-31(123-87-75(118)74(117)71(114)56(126-87)23-122-84(119)28-11-48(103)68(111)49(104)12-28)18-54(57)124-79(27-9-46(101)67(110)47(102)10-27)83(65)130-86(121)30-15-52(107)70(113)53(108)16-30/h1-18,20-22,55-56,63-65,71-79,83,87-118H,19,23H2. The van der Waals surface area contributed by atoms with Gasteiger partial charge in [0.1, 0.15) is 118 Å². The van der Waals surface area contributed by atoms with Crippen LogP contribution in [-0.4, -0.2) is 238 Å². The fourth-order valence-electron chi connectivity index (χ4n) is 16.7. The predicted octanol–water partition coefficient (Wildman–Crippen LogP) is 5.72. The van der Waals surface area contributed by atoms with Crippen LogP contribution in [0.3, 0.4) is 0 Å². The van der Waals surface area contributed by atoms with Crippen molar-refractivity contribution in [3.63, 3.8) is 0 Å². The first kappa shape index (κ1) is 86.9. The van der Waals surface area contributed by atoms with Crippen molar-refractivity contribution in [1.82, 2.24) is 0 Å². The quantitative estimate of drug-likeness (QED) is 0.0312. The number of fused-ring (bicyclic) bond motifs is 4. The summed E-state index contributed by atoms with van der Waals surface area (Å²) in [5.41, 5.74) is -9.31.